The monoisotopic (exact) mass is 356 g/mol. The number of rotatable bonds is 4. The van der Waals surface area contributed by atoms with Crippen LogP contribution >= 0.6 is 0 Å². The van der Waals surface area contributed by atoms with E-state index < -0.39 is 0 Å². The Kier molecular flexibility index (Phi) is 5.11. The van der Waals surface area contributed by atoms with E-state index in [4.69, 9.17) is 0 Å². The molecule has 3 fully saturated rings. The van der Waals surface area contributed by atoms with Crippen LogP contribution in [0.2, 0.25) is 0 Å². The molecule has 0 unspecified atom stereocenters. The molecule has 0 amide bonds. The highest BCUT2D eigenvalue weighted by Crippen LogP contribution is 2.67. The minimum atomic E-state index is 0.625. The van der Waals surface area contributed by atoms with Crippen molar-refractivity contribution in [3.05, 3.63) is 12.2 Å². The predicted molar refractivity (Wildman–Crippen MR) is 113 cm³/mol. The Morgan fingerprint density at radius 2 is 1.62 bits per heavy atom. The van der Waals surface area contributed by atoms with Gasteiger partial charge < -0.3 is 0 Å². The largest absolute Gasteiger partial charge is 0.0882 e. The maximum Gasteiger partial charge on any atom is -0.0177 e. The summed E-state index contributed by atoms with van der Waals surface area (Å²) < 4.78 is 0. The Hall–Kier alpha value is -0.260. The molecule has 4 aliphatic carbocycles. The zero-order chi connectivity index (χ0) is 18.5. The van der Waals surface area contributed by atoms with Gasteiger partial charge >= 0.3 is 0 Å². The summed E-state index contributed by atoms with van der Waals surface area (Å²) in [5.41, 5.74) is 1.28. The summed E-state index contributed by atoms with van der Waals surface area (Å²) in [5.74, 6) is 6.81. The van der Waals surface area contributed by atoms with E-state index in [0.29, 0.717) is 10.8 Å². The van der Waals surface area contributed by atoms with Crippen molar-refractivity contribution in [3.63, 3.8) is 0 Å². The van der Waals surface area contributed by atoms with Gasteiger partial charge in [-0.15, -0.1) is 0 Å². The van der Waals surface area contributed by atoms with Crippen LogP contribution in [-0.2, 0) is 0 Å². The molecule has 0 heteroatoms. The first-order valence-electron chi connectivity index (χ1n) is 12.0. The third-order valence-corrected chi connectivity index (χ3v) is 10.1. The summed E-state index contributed by atoms with van der Waals surface area (Å²) >= 11 is 0. The van der Waals surface area contributed by atoms with Crippen LogP contribution in [0, 0.1) is 52.3 Å². The second-order valence-electron chi connectivity index (χ2n) is 11.7. The SMILES string of the molecule is CC(C)CC[C@@H](C)[C@H]1CC[C@H]2[C@@H]3CC[C@H]4C=CCC[C@]4(C)[C@H]3CC[C@]12C. The topological polar surface area (TPSA) is 0 Å². The highest BCUT2D eigenvalue weighted by atomic mass is 14.6. The van der Waals surface area contributed by atoms with E-state index in [-0.39, 0.29) is 0 Å². The molecule has 26 heavy (non-hydrogen) atoms. The van der Waals surface area contributed by atoms with Crippen LogP contribution in [0.3, 0.4) is 0 Å². The number of allylic oxidation sites excluding steroid dienone is 2. The molecular formula is C26H44. The Bertz CT molecular complexity index is 530. The molecule has 0 nitrogen and oxygen atoms in total. The smallest absolute Gasteiger partial charge is 0.0177 e. The highest BCUT2D eigenvalue weighted by molar-refractivity contribution is 5.13. The van der Waals surface area contributed by atoms with Gasteiger partial charge in [-0.05, 0) is 104 Å². The standard InChI is InChI=1S/C26H44/c1-18(2)9-10-19(3)22-13-14-23-21-12-11-20-8-6-7-16-25(20,4)24(21)15-17-26(22,23)5/h6,8,18-24H,7,9-17H2,1-5H3/t19-,20-,21+,22-,23+,24+,25+,26-/m1/s1. The van der Waals surface area contributed by atoms with Crippen molar-refractivity contribution < 1.29 is 0 Å². The summed E-state index contributed by atoms with van der Waals surface area (Å²) in [7, 11) is 0. The Morgan fingerprint density at radius 1 is 0.846 bits per heavy atom. The fraction of sp³-hybridized carbons (Fsp3) is 0.923. The fourth-order valence-corrected chi connectivity index (χ4v) is 8.60. The van der Waals surface area contributed by atoms with Crippen molar-refractivity contribution in [2.24, 2.45) is 52.3 Å². The molecule has 0 aromatic carbocycles. The Balaban J connectivity index is 1.52. The van der Waals surface area contributed by atoms with Crippen molar-refractivity contribution in [1.29, 1.82) is 0 Å². The van der Waals surface area contributed by atoms with E-state index in [2.05, 4.69) is 46.8 Å². The average molecular weight is 357 g/mol. The first-order chi connectivity index (χ1) is 12.4. The van der Waals surface area contributed by atoms with Crippen LogP contribution in [0.4, 0.5) is 0 Å². The molecule has 0 N–H and O–H groups in total. The number of hydrogen-bond donors (Lipinski definition) is 0. The second kappa shape index (κ2) is 6.97. The molecule has 0 heterocycles. The first-order valence-corrected chi connectivity index (χ1v) is 12.0. The molecule has 0 aromatic rings. The zero-order valence-corrected chi connectivity index (χ0v) is 18.3. The first kappa shape index (κ1) is 19.1. The third-order valence-electron chi connectivity index (χ3n) is 10.1. The number of fused-ring (bicyclic) bond motifs is 5. The molecule has 3 saturated carbocycles. The van der Waals surface area contributed by atoms with Gasteiger partial charge in [-0.1, -0.05) is 59.6 Å². The number of hydrogen-bond acceptors (Lipinski definition) is 0. The average Bonchev–Trinajstić information content (AvgIpc) is 2.96. The van der Waals surface area contributed by atoms with Crippen molar-refractivity contribution in [1.82, 2.24) is 0 Å². The van der Waals surface area contributed by atoms with Gasteiger partial charge in [0.15, 0.2) is 0 Å². The van der Waals surface area contributed by atoms with E-state index in [1.807, 2.05) is 0 Å². The third kappa shape index (κ3) is 2.93. The maximum atomic E-state index is 2.73. The minimum Gasteiger partial charge on any atom is -0.0882 e. The molecular weight excluding hydrogens is 312 g/mol. The van der Waals surface area contributed by atoms with Gasteiger partial charge in [-0.2, -0.15) is 0 Å². The molecule has 148 valence electrons. The quantitative estimate of drug-likeness (QED) is 0.449. The Morgan fingerprint density at radius 3 is 2.38 bits per heavy atom. The predicted octanol–water partition coefficient (Wildman–Crippen LogP) is 7.88. The molecule has 0 aromatic heterocycles. The van der Waals surface area contributed by atoms with Gasteiger partial charge in [0.05, 0.1) is 0 Å². The summed E-state index contributed by atoms with van der Waals surface area (Å²) in [6, 6.07) is 0. The van der Waals surface area contributed by atoms with Crippen LogP contribution in [-0.4, -0.2) is 0 Å². The van der Waals surface area contributed by atoms with Crippen molar-refractivity contribution in [3.8, 4) is 0 Å². The Labute approximate surface area is 163 Å². The van der Waals surface area contributed by atoms with E-state index in [1.54, 1.807) is 6.42 Å². The lowest BCUT2D eigenvalue weighted by Gasteiger charge is -2.60. The van der Waals surface area contributed by atoms with Crippen LogP contribution in [0.1, 0.15) is 98.8 Å². The van der Waals surface area contributed by atoms with Crippen LogP contribution in [0.5, 0.6) is 0 Å². The summed E-state index contributed by atoms with van der Waals surface area (Å²) in [5, 5.41) is 0. The lowest BCUT2D eigenvalue weighted by molar-refractivity contribution is -0.0956. The normalized spacial score (nSPS) is 48.8. The molecule has 8 atom stereocenters. The molecule has 4 aliphatic rings. The summed E-state index contributed by atoms with van der Waals surface area (Å²) in [6.07, 6.45) is 19.9. The lowest BCUT2D eigenvalue weighted by Crippen LogP contribution is -2.52. The van der Waals surface area contributed by atoms with E-state index in [0.717, 1.165) is 41.4 Å². The van der Waals surface area contributed by atoms with Gasteiger partial charge in [0.2, 0.25) is 0 Å². The van der Waals surface area contributed by atoms with Gasteiger partial charge in [0.25, 0.3) is 0 Å². The molecule has 0 aliphatic heterocycles. The summed E-state index contributed by atoms with van der Waals surface area (Å²) in [6.45, 7) is 12.8. The molecule has 0 bridgehead atoms. The minimum absolute atomic E-state index is 0.625. The zero-order valence-electron chi connectivity index (χ0n) is 18.3. The van der Waals surface area contributed by atoms with Gasteiger partial charge in [-0.25, -0.2) is 0 Å². The fourth-order valence-electron chi connectivity index (χ4n) is 8.60. The molecule has 0 spiro atoms. The van der Waals surface area contributed by atoms with Crippen molar-refractivity contribution in [2.75, 3.05) is 0 Å². The van der Waals surface area contributed by atoms with Crippen LogP contribution in [0.15, 0.2) is 12.2 Å². The van der Waals surface area contributed by atoms with Gasteiger partial charge in [-0.3, -0.25) is 0 Å². The van der Waals surface area contributed by atoms with Crippen LogP contribution in [0.25, 0.3) is 0 Å². The van der Waals surface area contributed by atoms with Gasteiger partial charge in [0, 0.05) is 0 Å². The van der Waals surface area contributed by atoms with E-state index >= 15 is 0 Å². The molecule has 4 rings (SSSR count). The highest BCUT2D eigenvalue weighted by Gasteiger charge is 2.59. The summed E-state index contributed by atoms with van der Waals surface area (Å²) in [4.78, 5) is 0. The maximum absolute atomic E-state index is 2.73. The van der Waals surface area contributed by atoms with Crippen LogP contribution < -0.4 is 0 Å². The second-order valence-corrected chi connectivity index (χ2v) is 11.7. The van der Waals surface area contributed by atoms with Gasteiger partial charge in [0.1, 0.15) is 0 Å². The van der Waals surface area contributed by atoms with E-state index in [9.17, 15) is 0 Å². The molecule has 0 saturated heterocycles. The lowest BCUT2D eigenvalue weighted by atomic mass is 9.45. The molecule has 0 radical (unpaired) electrons. The van der Waals surface area contributed by atoms with E-state index in [1.165, 1.54) is 57.8 Å². The van der Waals surface area contributed by atoms with Crippen molar-refractivity contribution in [2.45, 2.75) is 98.8 Å². The van der Waals surface area contributed by atoms with Crippen molar-refractivity contribution >= 4 is 0 Å².